The Morgan fingerprint density at radius 1 is 1.15 bits per heavy atom. The number of hydrogen-bond donors (Lipinski definition) is 0. The van der Waals surface area contributed by atoms with Gasteiger partial charge in [0.05, 0.1) is 41.2 Å². The highest BCUT2D eigenvalue weighted by Gasteiger charge is 2.32. The van der Waals surface area contributed by atoms with Gasteiger partial charge in [-0.3, -0.25) is 9.59 Å². The maximum atomic E-state index is 14.1. The van der Waals surface area contributed by atoms with E-state index in [4.69, 9.17) is 16.6 Å². The lowest BCUT2D eigenvalue weighted by Crippen LogP contribution is -2.46. The molecule has 1 atom stereocenters. The van der Waals surface area contributed by atoms with Gasteiger partial charge in [-0.2, -0.15) is 5.10 Å². The number of fused-ring (bicyclic) bond motifs is 2. The van der Waals surface area contributed by atoms with Crippen LogP contribution in [0, 0.1) is 13.8 Å². The van der Waals surface area contributed by atoms with E-state index in [1.165, 1.54) is 0 Å². The van der Waals surface area contributed by atoms with Crippen LogP contribution in [0.25, 0.3) is 22.8 Å². The van der Waals surface area contributed by atoms with Crippen molar-refractivity contribution >= 4 is 44.6 Å². The van der Waals surface area contributed by atoms with E-state index in [-0.39, 0.29) is 24.1 Å². The van der Waals surface area contributed by atoms with Crippen molar-refractivity contribution in [1.82, 2.24) is 38.8 Å². The number of aryl methyl sites for hydroxylation is 3. The summed E-state index contributed by atoms with van der Waals surface area (Å²) in [5, 5.41) is 5.14. The van der Waals surface area contributed by atoms with Gasteiger partial charge < -0.3 is 9.47 Å². The Morgan fingerprint density at radius 3 is 2.67 bits per heavy atom. The molecule has 1 aliphatic rings. The number of imidazole rings is 1. The third-order valence-corrected chi connectivity index (χ3v) is 8.23. The van der Waals surface area contributed by atoms with Crippen LogP contribution in [0.2, 0.25) is 5.02 Å². The number of rotatable bonds is 3. The van der Waals surface area contributed by atoms with E-state index in [0.717, 1.165) is 11.4 Å². The summed E-state index contributed by atoms with van der Waals surface area (Å²) in [5.74, 6) is 0.173. The number of pyridine rings is 1. The van der Waals surface area contributed by atoms with E-state index >= 15 is 0 Å². The van der Waals surface area contributed by atoms with Crippen LogP contribution < -0.4 is 5.56 Å². The van der Waals surface area contributed by atoms with Crippen LogP contribution in [-0.4, -0.2) is 50.7 Å². The molecule has 0 fully saturated rings. The Balaban J connectivity index is 1.51. The van der Waals surface area contributed by atoms with Gasteiger partial charge >= 0.3 is 0 Å². The van der Waals surface area contributed by atoms with Gasteiger partial charge in [-0.05, 0) is 73.5 Å². The first-order chi connectivity index (χ1) is 18.6. The molecular weight excluding hydrogens is 584 g/mol. The zero-order valence-corrected chi connectivity index (χ0v) is 24.0. The summed E-state index contributed by atoms with van der Waals surface area (Å²) in [4.78, 5) is 43.3. The summed E-state index contributed by atoms with van der Waals surface area (Å²) >= 11 is 9.54. The summed E-state index contributed by atoms with van der Waals surface area (Å²) in [7, 11) is 1.87. The summed E-state index contributed by atoms with van der Waals surface area (Å²) in [6.45, 7) is 5.92. The Kier molecular flexibility index (Phi) is 6.15. The molecule has 6 rings (SSSR count). The summed E-state index contributed by atoms with van der Waals surface area (Å²) < 4.78 is 5.66. The molecule has 12 heteroatoms. The second-order valence-corrected chi connectivity index (χ2v) is 11.1. The molecule has 5 aromatic rings. The van der Waals surface area contributed by atoms with Gasteiger partial charge in [0.15, 0.2) is 5.65 Å². The molecule has 5 heterocycles. The average Bonchev–Trinajstić information content (AvgIpc) is 3.45. The normalized spacial score (nSPS) is 15.1. The number of nitrogens with zero attached hydrogens (tertiary/aromatic N) is 8. The molecule has 0 saturated carbocycles. The highest BCUT2D eigenvalue weighted by Crippen LogP contribution is 2.28. The molecule has 39 heavy (non-hydrogen) atoms. The van der Waals surface area contributed by atoms with E-state index in [0.29, 0.717) is 55.5 Å². The van der Waals surface area contributed by atoms with Gasteiger partial charge in [-0.25, -0.2) is 24.2 Å². The van der Waals surface area contributed by atoms with Crippen molar-refractivity contribution < 1.29 is 4.79 Å². The molecule has 4 aromatic heterocycles. The average molecular weight is 608 g/mol. The van der Waals surface area contributed by atoms with Crippen molar-refractivity contribution in [2.75, 3.05) is 0 Å². The van der Waals surface area contributed by atoms with Crippen molar-refractivity contribution in [3.63, 3.8) is 0 Å². The first kappa shape index (κ1) is 25.4. The predicted octanol–water partition coefficient (Wildman–Crippen LogP) is 4.32. The van der Waals surface area contributed by atoms with Crippen LogP contribution in [0.15, 0.2) is 52.1 Å². The van der Waals surface area contributed by atoms with Crippen LogP contribution in [0.4, 0.5) is 0 Å². The number of benzene rings is 1. The van der Waals surface area contributed by atoms with Gasteiger partial charge in [0, 0.05) is 34.4 Å². The molecule has 1 unspecified atom stereocenters. The molecule has 198 valence electrons. The largest absolute Gasteiger partial charge is 0.330 e. The number of aromatic nitrogens is 7. The van der Waals surface area contributed by atoms with Crippen molar-refractivity contribution in [2.24, 2.45) is 7.05 Å². The standard InChI is InChI=1S/C27H24BrClN8O2/c1-14-7-16(3)37(33-14)27-32-23-12-35(25(38)17-5-6-21(29)20(28)9-17)15(2)8-19(23)26(39)36(27)18-10-22-24(30-11-18)34(4)13-31-22/h5-7,9-11,13,15H,8,12H2,1-4H3. The van der Waals surface area contributed by atoms with Crippen LogP contribution in [0.1, 0.15) is 39.9 Å². The number of amides is 1. The van der Waals surface area contributed by atoms with E-state index in [1.54, 1.807) is 44.9 Å². The van der Waals surface area contributed by atoms with Crippen molar-refractivity contribution in [3.8, 4) is 11.6 Å². The first-order valence-corrected chi connectivity index (χ1v) is 13.5. The molecular formula is C27H24BrClN8O2. The molecule has 0 radical (unpaired) electrons. The molecule has 1 aromatic carbocycles. The Morgan fingerprint density at radius 2 is 1.95 bits per heavy atom. The number of halogens is 2. The third kappa shape index (κ3) is 4.25. The zero-order chi connectivity index (χ0) is 27.6. The summed E-state index contributed by atoms with van der Waals surface area (Å²) in [6.07, 6.45) is 3.69. The topological polar surface area (TPSA) is 104 Å². The molecule has 0 saturated heterocycles. The van der Waals surface area contributed by atoms with Crippen LogP contribution in [0.3, 0.4) is 0 Å². The lowest BCUT2D eigenvalue weighted by molar-refractivity contribution is 0.0653. The second-order valence-electron chi connectivity index (χ2n) is 9.82. The zero-order valence-electron chi connectivity index (χ0n) is 21.7. The molecule has 1 amide bonds. The molecule has 0 bridgehead atoms. The van der Waals surface area contributed by atoms with Crippen molar-refractivity contribution in [1.29, 1.82) is 0 Å². The van der Waals surface area contributed by atoms with Crippen LogP contribution in [0.5, 0.6) is 0 Å². The Hall–Kier alpha value is -3.83. The first-order valence-electron chi connectivity index (χ1n) is 12.3. The van der Waals surface area contributed by atoms with Gasteiger partial charge in [0.25, 0.3) is 11.5 Å². The van der Waals surface area contributed by atoms with Crippen LogP contribution >= 0.6 is 27.5 Å². The fourth-order valence-corrected chi connectivity index (χ4v) is 5.54. The molecule has 0 spiro atoms. The lowest BCUT2D eigenvalue weighted by atomic mass is 9.98. The monoisotopic (exact) mass is 606 g/mol. The summed E-state index contributed by atoms with van der Waals surface area (Å²) in [5.41, 5.74) is 4.93. The van der Waals surface area contributed by atoms with E-state index in [2.05, 4.69) is 31.0 Å². The smallest absolute Gasteiger partial charge is 0.263 e. The SMILES string of the molecule is Cc1cc(C)n(-c2nc3c(c(=O)n2-c2cnc4c(c2)ncn4C)CC(C)N(C(=O)c2ccc(Cl)c(Br)c2)C3)n1. The molecule has 10 nitrogen and oxygen atoms in total. The van der Waals surface area contributed by atoms with Gasteiger partial charge in [0.1, 0.15) is 5.52 Å². The Bertz CT molecular complexity index is 1860. The van der Waals surface area contributed by atoms with E-state index < -0.39 is 0 Å². The summed E-state index contributed by atoms with van der Waals surface area (Å²) in [6, 6.07) is 8.62. The fraction of sp³-hybridized carbons (Fsp3) is 0.259. The quantitative estimate of drug-likeness (QED) is 0.303. The molecule has 0 N–H and O–H groups in total. The highest BCUT2D eigenvalue weighted by molar-refractivity contribution is 9.10. The minimum absolute atomic E-state index is 0.158. The van der Waals surface area contributed by atoms with Gasteiger partial charge in [0.2, 0.25) is 5.95 Å². The van der Waals surface area contributed by atoms with Gasteiger partial charge in [-0.1, -0.05) is 11.6 Å². The molecule has 1 aliphatic heterocycles. The minimum atomic E-state index is -0.224. The number of carbonyl (C=O) groups is 1. The van der Waals surface area contributed by atoms with Crippen molar-refractivity contribution in [2.45, 2.75) is 39.8 Å². The maximum absolute atomic E-state index is 14.1. The predicted molar refractivity (Wildman–Crippen MR) is 151 cm³/mol. The minimum Gasteiger partial charge on any atom is -0.330 e. The highest BCUT2D eigenvalue weighted by atomic mass is 79.9. The molecule has 0 aliphatic carbocycles. The Labute approximate surface area is 237 Å². The fourth-order valence-electron chi connectivity index (χ4n) is 5.05. The number of hydrogen-bond acceptors (Lipinski definition) is 6. The second kappa shape index (κ2) is 9.42. The van der Waals surface area contributed by atoms with Crippen LogP contribution in [-0.2, 0) is 20.0 Å². The van der Waals surface area contributed by atoms with Crippen molar-refractivity contribution in [3.05, 3.63) is 90.9 Å². The number of carbonyl (C=O) groups excluding carboxylic acids is 1. The lowest BCUT2D eigenvalue weighted by Gasteiger charge is -2.34. The van der Waals surface area contributed by atoms with E-state index in [1.807, 2.05) is 44.5 Å². The maximum Gasteiger partial charge on any atom is 0.263 e. The van der Waals surface area contributed by atoms with Gasteiger partial charge in [-0.15, -0.1) is 0 Å². The third-order valence-electron chi connectivity index (χ3n) is 7.02. The van der Waals surface area contributed by atoms with E-state index in [9.17, 15) is 9.59 Å².